The lowest BCUT2D eigenvalue weighted by atomic mass is 9.78. The summed E-state index contributed by atoms with van der Waals surface area (Å²) in [5.41, 5.74) is 0.155. The molecule has 2 unspecified atom stereocenters. The van der Waals surface area contributed by atoms with Gasteiger partial charge in [-0.3, -0.25) is 0 Å². The molecule has 0 aromatic heterocycles. The van der Waals surface area contributed by atoms with Crippen molar-refractivity contribution >= 4 is 0 Å². The van der Waals surface area contributed by atoms with E-state index in [1.165, 1.54) is 57.8 Å². The maximum Gasteiger partial charge on any atom is 0.0812 e. The molecule has 2 saturated carbocycles. The summed E-state index contributed by atoms with van der Waals surface area (Å²) in [4.78, 5) is 0. The smallest absolute Gasteiger partial charge is 0.0812 e. The van der Waals surface area contributed by atoms with Gasteiger partial charge in [0.2, 0.25) is 0 Å². The Morgan fingerprint density at radius 2 is 1.94 bits per heavy atom. The maximum atomic E-state index is 6.59. The summed E-state index contributed by atoms with van der Waals surface area (Å²) in [7, 11) is 0. The molecule has 0 aromatic rings. The average Bonchev–Trinajstić information content (AvgIpc) is 2.82. The Bertz CT molecular complexity index is 237. The monoisotopic (exact) mass is 253 g/mol. The van der Waals surface area contributed by atoms with Crippen LogP contribution in [0.3, 0.4) is 0 Å². The normalized spacial score (nSPS) is 34.0. The van der Waals surface area contributed by atoms with Gasteiger partial charge in [-0.25, -0.2) is 0 Å². The van der Waals surface area contributed by atoms with Crippen LogP contribution in [0.25, 0.3) is 0 Å². The molecule has 0 bridgehead atoms. The zero-order valence-corrected chi connectivity index (χ0v) is 12.3. The van der Waals surface area contributed by atoms with Crippen LogP contribution in [0.15, 0.2) is 0 Å². The van der Waals surface area contributed by atoms with Gasteiger partial charge in [0.05, 0.1) is 11.7 Å². The predicted molar refractivity (Wildman–Crippen MR) is 76.9 cm³/mol. The van der Waals surface area contributed by atoms with Crippen LogP contribution in [0, 0.1) is 5.92 Å². The largest absolute Gasteiger partial charge is 0.370 e. The van der Waals surface area contributed by atoms with E-state index in [4.69, 9.17) is 4.74 Å². The highest BCUT2D eigenvalue weighted by molar-refractivity contribution is 4.90. The highest BCUT2D eigenvalue weighted by Gasteiger charge is 2.38. The van der Waals surface area contributed by atoms with Crippen LogP contribution >= 0.6 is 0 Å². The zero-order valence-electron chi connectivity index (χ0n) is 12.3. The molecule has 2 atom stereocenters. The molecule has 2 heteroatoms. The number of rotatable bonds is 6. The number of nitrogens with one attached hydrogen (secondary N) is 1. The number of ether oxygens (including phenoxy) is 1. The van der Waals surface area contributed by atoms with Crippen LogP contribution in [0.5, 0.6) is 0 Å². The summed E-state index contributed by atoms with van der Waals surface area (Å²) >= 11 is 0. The number of hydrogen-bond acceptors (Lipinski definition) is 2. The molecule has 1 N–H and O–H groups in total. The molecule has 2 aliphatic rings. The van der Waals surface area contributed by atoms with Crippen LogP contribution in [-0.2, 0) is 4.74 Å². The Balaban J connectivity index is 1.91. The van der Waals surface area contributed by atoms with Crippen molar-refractivity contribution in [2.75, 3.05) is 13.1 Å². The number of hydrogen-bond donors (Lipinski definition) is 1. The fraction of sp³-hybridized carbons (Fsp3) is 1.00. The van der Waals surface area contributed by atoms with Gasteiger partial charge in [0.1, 0.15) is 0 Å². The van der Waals surface area contributed by atoms with E-state index in [0.29, 0.717) is 6.10 Å². The molecular weight excluding hydrogens is 222 g/mol. The van der Waals surface area contributed by atoms with E-state index in [-0.39, 0.29) is 5.60 Å². The highest BCUT2D eigenvalue weighted by Crippen LogP contribution is 2.38. The molecule has 0 spiro atoms. The molecule has 0 aromatic carbocycles. The Hall–Kier alpha value is -0.0800. The van der Waals surface area contributed by atoms with Crippen molar-refractivity contribution in [3.63, 3.8) is 0 Å². The van der Waals surface area contributed by atoms with E-state index in [0.717, 1.165) is 19.0 Å². The van der Waals surface area contributed by atoms with Gasteiger partial charge in [-0.2, -0.15) is 0 Å². The quantitative estimate of drug-likeness (QED) is 0.725. The minimum absolute atomic E-state index is 0.155. The Labute approximate surface area is 113 Å². The SMILES string of the molecule is CCCNCC1(OC2CCCC2)CCCC(C)C1. The third-order valence-electron chi connectivity index (χ3n) is 4.64. The summed E-state index contributed by atoms with van der Waals surface area (Å²) in [5.74, 6) is 0.837. The molecule has 106 valence electrons. The van der Waals surface area contributed by atoms with Gasteiger partial charge < -0.3 is 10.1 Å². The third kappa shape index (κ3) is 3.96. The lowest BCUT2D eigenvalue weighted by Gasteiger charge is -2.42. The standard InChI is InChI=1S/C16H31NO/c1-3-11-17-13-16(10-6-7-14(2)12-16)18-15-8-4-5-9-15/h14-15,17H,3-13H2,1-2H3. The van der Waals surface area contributed by atoms with Crippen LogP contribution in [0.1, 0.15) is 71.6 Å². The molecule has 0 aliphatic heterocycles. The van der Waals surface area contributed by atoms with Crippen molar-refractivity contribution < 1.29 is 4.74 Å². The van der Waals surface area contributed by atoms with Crippen LogP contribution in [0.2, 0.25) is 0 Å². The van der Waals surface area contributed by atoms with Crippen molar-refractivity contribution in [2.45, 2.75) is 83.3 Å². The third-order valence-corrected chi connectivity index (χ3v) is 4.64. The van der Waals surface area contributed by atoms with Gasteiger partial charge in [-0.05, 0) is 44.6 Å². The molecule has 0 heterocycles. The van der Waals surface area contributed by atoms with Gasteiger partial charge in [0.25, 0.3) is 0 Å². The topological polar surface area (TPSA) is 21.3 Å². The Morgan fingerprint density at radius 1 is 1.17 bits per heavy atom. The zero-order chi connectivity index (χ0) is 12.8. The Morgan fingerprint density at radius 3 is 2.61 bits per heavy atom. The summed E-state index contributed by atoms with van der Waals surface area (Å²) in [5, 5.41) is 3.62. The van der Waals surface area contributed by atoms with Crippen molar-refractivity contribution in [1.29, 1.82) is 0 Å². The second kappa shape index (κ2) is 6.91. The summed E-state index contributed by atoms with van der Waals surface area (Å²) in [6.45, 7) is 6.83. The van der Waals surface area contributed by atoms with Crippen LogP contribution in [-0.4, -0.2) is 24.8 Å². The van der Waals surface area contributed by atoms with Crippen molar-refractivity contribution in [3.05, 3.63) is 0 Å². The molecular formula is C16H31NO. The van der Waals surface area contributed by atoms with E-state index in [2.05, 4.69) is 19.2 Å². The maximum absolute atomic E-state index is 6.59. The molecule has 0 radical (unpaired) electrons. The fourth-order valence-corrected chi connectivity index (χ4v) is 3.77. The molecule has 0 amide bonds. The minimum atomic E-state index is 0.155. The highest BCUT2D eigenvalue weighted by atomic mass is 16.5. The second-order valence-electron chi connectivity index (χ2n) is 6.59. The molecule has 2 rings (SSSR count). The van der Waals surface area contributed by atoms with Crippen molar-refractivity contribution in [2.24, 2.45) is 5.92 Å². The lowest BCUT2D eigenvalue weighted by molar-refractivity contribution is -0.117. The van der Waals surface area contributed by atoms with Crippen molar-refractivity contribution in [1.82, 2.24) is 5.32 Å². The van der Waals surface area contributed by atoms with Gasteiger partial charge in [0.15, 0.2) is 0 Å². The molecule has 0 saturated heterocycles. The van der Waals surface area contributed by atoms with Gasteiger partial charge in [0, 0.05) is 6.54 Å². The van der Waals surface area contributed by atoms with Crippen molar-refractivity contribution in [3.8, 4) is 0 Å². The van der Waals surface area contributed by atoms with E-state index in [1.807, 2.05) is 0 Å². The predicted octanol–water partition coefficient (Wildman–Crippen LogP) is 3.89. The second-order valence-corrected chi connectivity index (χ2v) is 6.59. The van der Waals surface area contributed by atoms with E-state index in [1.54, 1.807) is 0 Å². The Kier molecular flexibility index (Phi) is 5.50. The first-order valence-electron chi connectivity index (χ1n) is 8.13. The van der Waals surface area contributed by atoms with Crippen LogP contribution < -0.4 is 5.32 Å². The minimum Gasteiger partial charge on any atom is -0.370 e. The molecule has 2 nitrogen and oxygen atoms in total. The van der Waals surface area contributed by atoms with E-state index >= 15 is 0 Å². The molecule has 18 heavy (non-hydrogen) atoms. The summed E-state index contributed by atoms with van der Waals surface area (Å²) in [6, 6.07) is 0. The lowest BCUT2D eigenvalue weighted by Crippen LogP contribution is -2.48. The first-order chi connectivity index (χ1) is 8.74. The van der Waals surface area contributed by atoms with E-state index in [9.17, 15) is 0 Å². The fourth-order valence-electron chi connectivity index (χ4n) is 3.77. The van der Waals surface area contributed by atoms with E-state index < -0.39 is 0 Å². The van der Waals surface area contributed by atoms with Gasteiger partial charge in [-0.1, -0.05) is 39.5 Å². The first kappa shape index (κ1) is 14.3. The van der Waals surface area contributed by atoms with Crippen LogP contribution in [0.4, 0.5) is 0 Å². The van der Waals surface area contributed by atoms with Gasteiger partial charge in [-0.15, -0.1) is 0 Å². The average molecular weight is 253 g/mol. The first-order valence-corrected chi connectivity index (χ1v) is 8.13. The molecule has 2 aliphatic carbocycles. The summed E-state index contributed by atoms with van der Waals surface area (Å²) in [6.07, 6.45) is 12.4. The summed E-state index contributed by atoms with van der Waals surface area (Å²) < 4.78 is 6.59. The van der Waals surface area contributed by atoms with Gasteiger partial charge >= 0.3 is 0 Å². The molecule has 2 fully saturated rings.